The Hall–Kier alpha value is -3.13. The van der Waals surface area contributed by atoms with E-state index in [2.05, 4.69) is 10.3 Å². The number of thiazole rings is 1. The van der Waals surface area contributed by atoms with Crippen LogP contribution in [-0.2, 0) is 20.7 Å². The van der Waals surface area contributed by atoms with E-state index in [-0.39, 0.29) is 18.9 Å². The average Bonchev–Trinajstić information content (AvgIpc) is 3.50. The highest BCUT2D eigenvalue weighted by Gasteiger charge is 2.44. The summed E-state index contributed by atoms with van der Waals surface area (Å²) in [6.45, 7) is -0.321. The summed E-state index contributed by atoms with van der Waals surface area (Å²) in [6, 6.07) is 13.3. The molecule has 1 amide bonds. The third kappa shape index (κ3) is 4.55. The molecule has 166 valence electrons. The number of rotatable bonds is 7. The molecule has 1 saturated carbocycles. The van der Waals surface area contributed by atoms with Crippen LogP contribution in [0.4, 0.5) is 5.69 Å². The maximum Gasteiger partial charge on any atom is 0.306 e. The van der Waals surface area contributed by atoms with Crippen LogP contribution in [0.3, 0.4) is 0 Å². The molecule has 1 aliphatic heterocycles. The molecule has 3 aromatic rings. The van der Waals surface area contributed by atoms with Crippen molar-refractivity contribution in [1.29, 1.82) is 0 Å². The number of hydrogen-bond acceptors (Lipinski definition) is 7. The summed E-state index contributed by atoms with van der Waals surface area (Å²) in [5, 5.41) is 3.74. The van der Waals surface area contributed by atoms with Crippen molar-refractivity contribution in [3.63, 3.8) is 0 Å². The fraction of sp³-hybridized carbons (Fsp3) is 0.375. The molecule has 1 aromatic heterocycles. The van der Waals surface area contributed by atoms with Crippen LogP contribution in [0.1, 0.15) is 43.5 Å². The zero-order valence-corrected chi connectivity index (χ0v) is 18.4. The number of amides is 1. The number of fused-ring (bicyclic) bond motifs is 2. The monoisotopic (exact) mass is 452 g/mol. The molecular formula is C24H24N2O5S. The van der Waals surface area contributed by atoms with Gasteiger partial charge < -0.3 is 19.5 Å². The van der Waals surface area contributed by atoms with Crippen LogP contribution in [0, 0.1) is 0 Å². The van der Waals surface area contributed by atoms with Crippen molar-refractivity contribution in [2.45, 2.75) is 50.7 Å². The number of aromatic nitrogens is 1. The van der Waals surface area contributed by atoms with Gasteiger partial charge in [-0.15, -0.1) is 11.3 Å². The fourth-order valence-electron chi connectivity index (χ4n) is 4.12. The van der Waals surface area contributed by atoms with E-state index in [9.17, 15) is 9.59 Å². The lowest BCUT2D eigenvalue weighted by Crippen LogP contribution is -2.34. The van der Waals surface area contributed by atoms with Crippen molar-refractivity contribution >= 4 is 39.1 Å². The first-order valence-corrected chi connectivity index (χ1v) is 11.7. The number of hydrogen-bond donors (Lipinski definition) is 1. The van der Waals surface area contributed by atoms with Crippen molar-refractivity contribution in [2.75, 3.05) is 11.9 Å². The van der Waals surface area contributed by atoms with E-state index in [1.54, 1.807) is 29.5 Å². The van der Waals surface area contributed by atoms with Gasteiger partial charge in [-0.1, -0.05) is 12.1 Å². The molecule has 2 aliphatic rings. The number of anilines is 1. The summed E-state index contributed by atoms with van der Waals surface area (Å²) in [7, 11) is 0. The van der Waals surface area contributed by atoms with Crippen LogP contribution < -0.4 is 14.8 Å². The Labute approximate surface area is 189 Å². The molecule has 0 unspecified atom stereocenters. The summed E-state index contributed by atoms with van der Waals surface area (Å²) in [6.07, 6.45) is 5.50. The van der Waals surface area contributed by atoms with E-state index in [0.29, 0.717) is 30.0 Å². The van der Waals surface area contributed by atoms with Crippen LogP contribution in [-0.4, -0.2) is 29.3 Å². The first-order chi connectivity index (χ1) is 15.6. The van der Waals surface area contributed by atoms with Crippen LogP contribution in [0.15, 0.2) is 42.5 Å². The second kappa shape index (κ2) is 8.78. The summed E-state index contributed by atoms with van der Waals surface area (Å²) < 4.78 is 18.2. The summed E-state index contributed by atoms with van der Waals surface area (Å²) >= 11 is 1.64. The number of benzene rings is 2. The first-order valence-electron chi connectivity index (χ1n) is 10.9. The quantitative estimate of drug-likeness (QED) is 0.516. The summed E-state index contributed by atoms with van der Waals surface area (Å²) in [5.41, 5.74) is 1.56. The molecule has 0 bridgehead atoms. The Morgan fingerprint density at radius 3 is 2.75 bits per heavy atom. The van der Waals surface area contributed by atoms with Gasteiger partial charge in [-0.3, -0.25) is 9.59 Å². The van der Waals surface area contributed by atoms with Crippen molar-refractivity contribution in [3.05, 3.63) is 47.5 Å². The Morgan fingerprint density at radius 2 is 1.91 bits per heavy atom. The molecule has 2 aromatic carbocycles. The lowest BCUT2D eigenvalue weighted by molar-refractivity contribution is -0.147. The van der Waals surface area contributed by atoms with E-state index >= 15 is 0 Å². The zero-order valence-electron chi connectivity index (χ0n) is 17.6. The number of aryl methyl sites for hydroxylation is 1. The van der Waals surface area contributed by atoms with Crippen molar-refractivity contribution in [3.8, 4) is 11.5 Å². The molecule has 1 N–H and O–H groups in total. The van der Waals surface area contributed by atoms with Gasteiger partial charge in [0.2, 0.25) is 0 Å². The highest BCUT2D eigenvalue weighted by Crippen LogP contribution is 2.47. The van der Waals surface area contributed by atoms with Gasteiger partial charge in [0, 0.05) is 31.0 Å². The minimum Gasteiger partial charge on any atom is -0.456 e. The maximum absolute atomic E-state index is 12.2. The third-order valence-corrected chi connectivity index (χ3v) is 6.75. The molecule has 5 rings (SSSR count). The number of nitrogens with one attached hydrogen (secondary N) is 1. The number of nitrogens with zero attached hydrogens (tertiary/aromatic N) is 1. The van der Waals surface area contributed by atoms with Crippen molar-refractivity contribution in [2.24, 2.45) is 0 Å². The smallest absolute Gasteiger partial charge is 0.306 e. The molecule has 2 heterocycles. The second-order valence-corrected chi connectivity index (χ2v) is 9.24. The summed E-state index contributed by atoms with van der Waals surface area (Å²) in [5.74, 6) is 0.0151. The van der Waals surface area contributed by atoms with Gasteiger partial charge in [0.1, 0.15) is 0 Å². The highest BCUT2D eigenvalue weighted by molar-refractivity contribution is 7.18. The molecule has 0 saturated heterocycles. The largest absolute Gasteiger partial charge is 0.456 e. The van der Waals surface area contributed by atoms with Gasteiger partial charge in [0.15, 0.2) is 18.1 Å². The minimum absolute atomic E-state index is 0.245. The minimum atomic E-state index is -0.536. The fourth-order valence-corrected chi connectivity index (χ4v) is 5.12. The van der Waals surface area contributed by atoms with Crippen LogP contribution in [0.25, 0.3) is 10.2 Å². The Balaban J connectivity index is 1.05. The number of carbonyl (C=O) groups excluding carboxylic acids is 2. The molecule has 1 aliphatic carbocycles. The maximum atomic E-state index is 12.2. The normalized spacial score (nSPS) is 15.9. The van der Waals surface area contributed by atoms with Crippen LogP contribution >= 0.6 is 11.3 Å². The molecular weight excluding hydrogens is 428 g/mol. The number of esters is 1. The molecule has 0 radical (unpaired) electrons. The second-order valence-electron chi connectivity index (χ2n) is 8.12. The lowest BCUT2D eigenvalue weighted by atomic mass is 10.2. The van der Waals surface area contributed by atoms with Gasteiger partial charge in [-0.05, 0) is 49.9 Å². The molecule has 7 nitrogen and oxygen atoms in total. The topological polar surface area (TPSA) is 86.8 Å². The first kappa shape index (κ1) is 20.8. The van der Waals surface area contributed by atoms with E-state index < -0.39 is 11.8 Å². The highest BCUT2D eigenvalue weighted by atomic mass is 32.1. The average molecular weight is 453 g/mol. The van der Waals surface area contributed by atoms with E-state index in [4.69, 9.17) is 14.2 Å². The molecule has 0 atom stereocenters. The van der Waals surface area contributed by atoms with E-state index in [1.807, 2.05) is 24.3 Å². The molecule has 8 heteroatoms. The predicted octanol–water partition coefficient (Wildman–Crippen LogP) is 4.84. The predicted molar refractivity (Wildman–Crippen MR) is 121 cm³/mol. The molecule has 32 heavy (non-hydrogen) atoms. The van der Waals surface area contributed by atoms with Gasteiger partial charge in [-0.25, -0.2) is 4.98 Å². The number of para-hydroxylation sites is 1. The van der Waals surface area contributed by atoms with Gasteiger partial charge >= 0.3 is 5.97 Å². The van der Waals surface area contributed by atoms with Crippen LogP contribution in [0.5, 0.6) is 11.5 Å². The van der Waals surface area contributed by atoms with E-state index in [0.717, 1.165) is 40.9 Å². The van der Waals surface area contributed by atoms with Gasteiger partial charge in [-0.2, -0.15) is 0 Å². The number of ether oxygens (including phenoxy) is 3. The zero-order chi connectivity index (χ0) is 22.0. The Bertz CT molecular complexity index is 1120. The van der Waals surface area contributed by atoms with E-state index in [1.165, 1.54) is 0 Å². The van der Waals surface area contributed by atoms with Crippen molar-refractivity contribution < 1.29 is 23.8 Å². The standard InChI is InChI=1S/C24H24N2O5S/c27-21(25-16-10-11-18-19(14-16)31-24(30-18)12-3-4-13-24)15-29-23(28)9-5-8-22-26-17-6-1-2-7-20(17)32-22/h1-2,6-7,10-11,14H,3-5,8-9,12-13,15H2,(H,25,27). The number of carbonyl (C=O) groups is 2. The SMILES string of the molecule is O=C(COC(=O)CCCc1nc2ccccc2s1)Nc1ccc2c(c1)OC1(CCCC1)O2. The Morgan fingerprint density at radius 1 is 1.09 bits per heavy atom. The van der Waals surface area contributed by atoms with Gasteiger partial charge in [0.05, 0.1) is 15.2 Å². The molecule has 1 fully saturated rings. The molecule has 1 spiro atoms. The summed E-state index contributed by atoms with van der Waals surface area (Å²) in [4.78, 5) is 28.8. The third-order valence-electron chi connectivity index (χ3n) is 5.66. The van der Waals surface area contributed by atoms with Crippen molar-refractivity contribution in [1.82, 2.24) is 4.98 Å². The van der Waals surface area contributed by atoms with Gasteiger partial charge in [0.25, 0.3) is 11.7 Å². The van der Waals surface area contributed by atoms with Crippen LogP contribution in [0.2, 0.25) is 0 Å². The Kier molecular flexibility index (Phi) is 5.70. The lowest BCUT2D eigenvalue weighted by Gasteiger charge is -2.21.